The van der Waals surface area contributed by atoms with Gasteiger partial charge >= 0.3 is 0 Å². The first-order chi connectivity index (χ1) is 8.22. The minimum Gasteiger partial charge on any atom is -0.372 e. The first-order valence-electron chi connectivity index (χ1n) is 6.03. The lowest BCUT2D eigenvalue weighted by Crippen LogP contribution is -2.42. The van der Waals surface area contributed by atoms with Gasteiger partial charge in [0, 0.05) is 19.6 Å². The third-order valence-corrected chi connectivity index (χ3v) is 3.17. The molecule has 1 aromatic heterocycles. The van der Waals surface area contributed by atoms with Crippen LogP contribution in [0.1, 0.15) is 36.7 Å². The van der Waals surface area contributed by atoms with Crippen LogP contribution in [0.4, 0.5) is 5.82 Å². The molecule has 1 atom stereocenters. The quantitative estimate of drug-likeness (QED) is 0.843. The molecule has 0 aromatic carbocycles. The number of hydrogen-bond donors (Lipinski definition) is 1. The monoisotopic (exact) mass is 234 g/mol. The molecule has 0 spiro atoms. The molecular weight excluding hydrogens is 216 g/mol. The van der Waals surface area contributed by atoms with Gasteiger partial charge in [0.05, 0.1) is 12.4 Å². The van der Waals surface area contributed by atoms with Gasteiger partial charge in [-0.1, -0.05) is 0 Å². The predicted octanol–water partition coefficient (Wildman–Crippen LogP) is 1.53. The smallest absolute Gasteiger partial charge is 0.274 e. The molecule has 1 aliphatic rings. The standard InChI is InChI=1S/C12H18N4O/c1-9-5-3-4-6-16(9)12(17)10-7-14-8-11(13-2)15-10/h7-9H,3-6H2,1-2H3,(H,13,15). The number of carbonyl (C=O) groups is 1. The molecule has 92 valence electrons. The van der Waals surface area contributed by atoms with Crippen molar-refractivity contribution in [3.05, 3.63) is 18.1 Å². The number of nitrogens with one attached hydrogen (secondary N) is 1. The number of piperidine rings is 1. The third kappa shape index (κ3) is 2.54. The molecule has 1 aromatic rings. The summed E-state index contributed by atoms with van der Waals surface area (Å²) in [5.41, 5.74) is 0.422. The van der Waals surface area contributed by atoms with Crippen molar-refractivity contribution in [3.63, 3.8) is 0 Å². The highest BCUT2D eigenvalue weighted by Gasteiger charge is 2.25. The Bertz CT molecular complexity index is 407. The highest BCUT2D eigenvalue weighted by molar-refractivity contribution is 5.92. The van der Waals surface area contributed by atoms with Crippen molar-refractivity contribution in [1.29, 1.82) is 0 Å². The summed E-state index contributed by atoms with van der Waals surface area (Å²) in [6, 6.07) is 0.302. The molecule has 1 aliphatic heterocycles. The minimum absolute atomic E-state index is 0.0122. The van der Waals surface area contributed by atoms with E-state index in [1.807, 2.05) is 4.90 Å². The Morgan fingerprint density at radius 1 is 1.47 bits per heavy atom. The van der Waals surface area contributed by atoms with E-state index in [0.717, 1.165) is 19.4 Å². The summed E-state index contributed by atoms with van der Waals surface area (Å²) >= 11 is 0. The third-order valence-electron chi connectivity index (χ3n) is 3.17. The van der Waals surface area contributed by atoms with Crippen molar-refractivity contribution in [2.24, 2.45) is 0 Å². The second-order valence-electron chi connectivity index (χ2n) is 4.38. The normalized spacial score (nSPS) is 20.1. The summed E-state index contributed by atoms with van der Waals surface area (Å²) < 4.78 is 0. The van der Waals surface area contributed by atoms with Crippen LogP contribution in [0.15, 0.2) is 12.4 Å². The van der Waals surface area contributed by atoms with E-state index >= 15 is 0 Å². The number of likely N-dealkylation sites (tertiary alicyclic amines) is 1. The second-order valence-corrected chi connectivity index (χ2v) is 4.38. The van der Waals surface area contributed by atoms with Crippen molar-refractivity contribution in [2.45, 2.75) is 32.2 Å². The van der Waals surface area contributed by atoms with Gasteiger partial charge in [0.1, 0.15) is 11.5 Å². The number of carbonyl (C=O) groups excluding carboxylic acids is 1. The maximum Gasteiger partial charge on any atom is 0.274 e. The molecule has 1 N–H and O–H groups in total. The predicted molar refractivity (Wildman–Crippen MR) is 65.9 cm³/mol. The zero-order chi connectivity index (χ0) is 12.3. The summed E-state index contributed by atoms with van der Waals surface area (Å²) in [5.74, 6) is 0.613. The van der Waals surface area contributed by atoms with E-state index in [2.05, 4.69) is 22.2 Å². The van der Waals surface area contributed by atoms with E-state index in [-0.39, 0.29) is 5.91 Å². The van der Waals surface area contributed by atoms with Crippen LogP contribution in [0.3, 0.4) is 0 Å². The number of nitrogens with zero attached hydrogens (tertiary/aromatic N) is 3. The van der Waals surface area contributed by atoms with E-state index in [0.29, 0.717) is 17.6 Å². The summed E-state index contributed by atoms with van der Waals surface area (Å²) in [6.07, 6.45) is 6.49. The van der Waals surface area contributed by atoms with Crippen LogP contribution in [0.5, 0.6) is 0 Å². The van der Waals surface area contributed by atoms with Crippen molar-refractivity contribution < 1.29 is 4.79 Å². The Hall–Kier alpha value is -1.65. The van der Waals surface area contributed by atoms with E-state index in [1.54, 1.807) is 13.2 Å². The molecule has 1 saturated heterocycles. The van der Waals surface area contributed by atoms with Gasteiger partial charge in [-0.2, -0.15) is 0 Å². The Morgan fingerprint density at radius 2 is 2.29 bits per heavy atom. The molecule has 0 radical (unpaired) electrons. The number of anilines is 1. The lowest BCUT2D eigenvalue weighted by atomic mass is 10.0. The molecule has 0 saturated carbocycles. The SMILES string of the molecule is CNc1cncc(C(=O)N2CCCCC2C)n1. The van der Waals surface area contributed by atoms with Gasteiger partial charge in [-0.05, 0) is 26.2 Å². The number of aromatic nitrogens is 2. The van der Waals surface area contributed by atoms with E-state index < -0.39 is 0 Å². The fourth-order valence-corrected chi connectivity index (χ4v) is 2.14. The van der Waals surface area contributed by atoms with Crippen LogP contribution in [-0.4, -0.2) is 40.4 Å². The van der Waals surface area contributed by atoms with Crippen LogP contribution >= 0.6 is 0 Å². The van der Waals surface area contributed by atoms with Crippen LogP contribution in [0.2, 0.25) is 0 Å². The maximum absolute atomic E-state index is 12.3. The van der Waals surface area contributed by atoms with Crippen LogP contribution in [0, 0.1) is 0 Å². The number of rotatable bonds is 2. The molecule has 2 heterocycles. The summed E-state index contributed by atoms with van der Waals surface area (Å²) in [4.78, 5) is 22.4. The van der Waals surface area contributed by atoms with E-state index in [1.165, 1.54) is 12.6 Å². The first kappa shape index (κ1) is 11.8. The van der Waals surface area contributed by atoms with Gasteiger partial charge in [-0.3, -0.25) is 9.78 Å². The second kappa shape index (κ2) is 5.12. The van der Waals surface area contributed by atoms with Gasteiger partial charge < -0.3 is 10.2 Å². The highest BCUT2D eigenvalue weighted by Crippen LogP contribution is 2.18. The number of hydrogen-bond acceptors (Lipinski definition) is 4. The zero-order valence-electron chi connectivity index (χ0n) is 10.3. The first-order valence-corrected chi connectivity index (χ1v) is 6.03. The Morgan fingerprint density at radius 3 is 3.00 bits per heavy atom. The molecule has 2 rings (SSSR count). The molecule has 5 nitrogen and oxygen atoms in total. The van der Waals surface area contributed by atoms with Crippen molar-refractivity contribution in [2.75, 3.05) is 18.9 Å². The Kier molecular flexibility index (Phi) is 3.56. The fraction of sp³-hybridized carbons (Fsp3) is 0.583. The fourth-order valence-electron chi connectivity index (χ4n) is 2.14. The molecule has 1 fully saturated rings. The molecule has 0 bridgehead atoms. The van der Waals surface area contributed by atoms with Crippen LogP contribution < -0.4 is 5.32 Å². The lowest BCUT2D eigenvalue weighted by molar-refractivity contribution is 0.0629. The van der Waals surface area contributed by atoms with Crippen molar-refractivity contribution >= 4 is 11.7 Å². The Balaban J connectivity index is 2.17. The summed E-state index contributed by atoms with van der Waals surface area (Å²) in [6.45, 7) is 2.91. The van der Waals surface area contributed by atoms with Gasteiger partial charge in [0.25, 0.3) is 5.91 Å². The molecule has 1 amide bonds. The van der Waals surface area contributed by atoms with E-state index in [4.69, 9.17) is 0 Å². The highest BCUT2D eigenvalue weighted by atomic mass is 16.2. The average Bonchev–Trinajstić information content (AvgIpc) is 2.38. The molecule has 5 heteroatoms. The number of amides is 1. The lowest BCUT2D eigenvalue weighted by Gasteiger charge is -2.33. The largest absolute Gasteiger partial charge is 0.372 e. The van der Waals surface area contributed by atoms with Gasteiger partial charge in [0.15, 0.2) is 0 Å². The van der Waals surface area contributed by atoms with Gasteiger partial charge in [-0.15, -0.1) is 0 Å². The van der Waals surface area contributed by atoms with Crippen molar-refractivity contribution in [1.82, 2.24) is 14.9 Å². The topological polar surface area (TPSA) is 58.1 Å². The Labute approximate surface area is 101 Å². The maximum atomic E-state index is 12.3. The summed E-state index contributed by atoms with van der Waals surface area (Å²) in [7, 11) is 1.77. The zero-order valence-corrected chi connectivity index (χ0v) is 10.3. The van der Waals surface area contributed by atoms with Crippen molar-refractivity contribution in [3.8, 4) is 0 Å². The average molecular weight is 234 g/mol. The molecular formula is C12H18N4O. The molecule has 17 heavy (non-hydrogen) atoms. The van der Waals surface area contributed by atoms with Gasteiger partial charge in [-0.25, -0.2) is 4.98 Å². The van der Waals surface area contributed by atoms with Gasteiger partial charge in [0.2, 0.25) is 0 Å². The van der Waals surface area contributed by atoms with E-state index in [9.17, 15) is 4.79 Å². The summed E-state index contributed by atoms with van der Waals surface area (Å²) in [5, 5.41) is 2.89. The molecule has 0 aliphatic carbocycles. The minimum atomic E-state index is -0.0122. The van der Waals surface area contributed by atoms with Crippen LogP contribution in [-0.2, 0) is 0 Å². The van der Waals surface area contributed by atoms with Crippen LogP contribution in [0.25, 0.3) is 0 Å². The molecule has 1 unspecified atom stereocenters.